The lowest BCUT2D eigenvalue weighted by Gasteiger charge is -2.39. The predicted molar refractivity (Wildman–Crippen MR) is 130 cm³/mol. The first-order valence-corrected chi connectivity index (χ1v) is 11.8. The molecule has 0 amide bonds. The minimum atomic E-state index is -0.549. The molecule has 0 spiro atoms. The molecule has 4 rings (SSSR count). The van der Waals surface area contributed by atoms with Crippen molar-refractivity contribution >= 4 is 22.4 Å². The normalized spacial score (nSPS) is 17.4. The van der Waals surface area contributed by atoms with Gasteiger partial charge in [-0.1, -0.05) is 67.1 Å². The van der Waals surface area contributed by atoms with Gasteiger partial charge in [0.2, 0.25) is 0 Å². The van der Waals surface area contributed by atoms with Gasteiger partial charge in [0, 0.05) is 24.5 Å². The highest BCUT2D eigenvalue weighted by molar-refractivity contribution is 6.37. The smallest absolute Gasteiger partial charge is 0.138 e. The van der Waals surface area contributed by atoms with E-state index in [0.717, 1.165) is 48.7 Å². The van der Waals surface area contributed by atoms with Crippen molar-refractivity contribution in [1.29, 1.82) is 0 Å². The molecule has 1 heterocycles. The Hall–Kier alpha value is -2.11. The zero-order chi connectivity index (χ0) is 22.5. The van der Waals surface area contributed by atoms with E-state index in [-0.39, 0.29) is 12.1 Å². The number of fused-ring (bicyclic) bond motifs is 1. The number of aliphatic hydroxyl groups is 1. The van der Waals surface area contributed by atoms with Crippen LogP contribution in [0, 0.1) is 0 Å². The summed E-state index contributed by atoms with van der Waals surface area (Å²) >= 11 is 6.46. The van der Waals surface area contributed by atoms with Crippen LogP contribution in [-0.4, -0.2) is 42.4 Å². The number of likely N-dealkylation sites (tertiary alicyclic amines) is 1. The van der Waals surface area contributed by atoms with Crippen molar-refractivity contribution < 1.29 is 14.6 Å². The molecule has 0 unspecified atom stereocenters. The maximum atomic E-state index is 11.2. The summed E-state index contributed by atoms with van der Waals surface area (Å²) in [6.45, 7) is 4.68. The quantitative estimate of drug-likeness (QED) is 0.454. The Bertz CT molecular complexity index is 1020. The number of methoxy groups -OCH3 is 1. The highest BCUT2D eigenvalue weighted by atomic mass is 35.5. The van der Waals surface area contributed by atoms with E-state index in [4.69, 9.17) is 21.1 Å². The van der Waals surface area contributed by atoms with E-state index in [9.17, 15) is 5.11 Å². The average Bonchev–Trinajstić information content (AvgIpc) is 2.84. The molecule has 0 saturated carbocycles. The van der Waals surface area contributed by atoms with E-state index in [1.54, 1.807) is 7.11 Å². The summed E-state index contributed by atoms with van der Waals surface area (Å²) in [5.41, 5.74) is 2.14. The number of benzene rings is 3. The standard InChI is InChI=1S/C27H32ClNO3/c1-3-24(29-15-13-22(14-16-29)32-18-19-7-5-4-6-8-19)27(30)21-9-11-23-20(17-21)10-12-25(31-2)26(23)28/h4-12,17,22,24,27,30H,3,13-16,18H2,1-2H3/t24-,27-/m1/s1. The van der Waals surface area contributed by atoms with Crippen molar-refractivity contribution in [2.45, 2.75) is 51.0 Å². The van der Waals surface area contributed by atoms with E-state index in [1.807, 2.05) is 48.5 Å². The van der Waals surface area contributed by atoms with Crippen LogP contribution in [0.3, 0.4) is 0 Å². The molecule has 2 atom stereocenters. The van der Waals surface area contributed by atoms with Gasteiger partial charge in [0.1, 0.15) is 5.75 Å². The summed E-state index contributed by atoms with van der Waals surface area (Å²) < 4.78 is 11.5. The van der Waals surface area contributed by atoms with Crippen LogP contribution in [0.1, 0.15) is 43.4 Å². The minimum Gasteiger partial charge on any atom is -0.495 e. The molecule has 170 valence electrons. The van der Waals surface area contributed by atoms with Gasteiger partial charge in [0.25, 0.3) is 0 Å². The number of rotatable bonds is 8. The van der Waals surface area contributed by atoms with Crippen LogP contribution in [0.2, 0.25) is 5.02 Å². The van der Waals surface area contributed by atoms with Gasteiger partial charge in [-0.3, -0.25) is 4.90 Å². The Balaban J connectivity index is 1.39. The average molecular weight is 454 g/mol. The largest absolute Gasteiger partial charge is 0.495 e. The van der Waals surface area contributed by atoms with Crippen molar-refractivity contribution in [3.8, 4) is 5.75 Å². The van der Waals surface area contributed by atoms with Crippen LogP contribution in [0.15, 0.2) is 60.7 Å². The molecular weight excluding hydrogens is 422 g/mol. The number of halogens is 1. The molecule has 0 radical (unpaired) electrons. The summed E-state index contributed by atoms with van der Waals surface area (Å²) in [7, 11) is 1.62. The molecule has 3 aromatic rings. The van der Waals surface area contributed by atoms with Gasteiger partial charge in [-0.05, 0) is 47.9 Å². The Morgan fingerprint density at radius 2 is 1.81 bits per heavy atom. The second kappa shape index (κ2) is 10.7. The molecule has 4 nitrogen and oxygen atoms in total. The van der Waals surface area contributed by atoms with Crippen molar-refractivity contribution in [2.24, 2.45) is 0 Å². The van der Waals surface area contributed by atoms with Crippen LogP contribution < -0.4 is 4.74 Å². The first-order chi connectivity index (χ1) is 15.6. The Morgan fingerprint density at radius 1 is 1.06 bits per heavy atom. The summed E-state index contributed by atoms with van der Waals surface area (Å²) in [6, 6.07) is 20.3. The maximum Gasteiger partial charge on any atom is 0.138 e. The number of hydrogen-bond acceptors (Lipinski definition) is 4. The number of piperidine rings is 1. The fourth-order valence-corrected chi connectivity index (χ4v) is 5.01. The molecule has 1 saturated heterocycles. The molecule has 5 heteroatoms. The zero-order valence-corrected chi connectivity index (χ0v) is 19.6. The lowest BCUT2D eigenvalue weighted by atomic mass is 9.94. The fourth-order valence-electron chi connectivity index (χ4n) is 4.70. The second-order valence-electron chi connectivity index (χ2n) is 8.51. The SMILES string of the molecule is CC[C@H]([C@H](O)c1ccc2c(Cl)c(OC)ccc2c1)N1CCC(OCc2ccccc2)CC1. The molecule has 0 bridgehead atoms. The van der Waals surface area contributed by atoms with Gasteiger partial charge in [-0.15, -0.1) is 0 Å². The maximum absolute atomic E-state index is 11.2. The van der Waals surface area contributed by atoms with Gasteiger partial charge < -0.3 is 14.6 Å². The molecular formula is C27H32ClNO3. The highest BCUT2D eigenvalue weighted by Gasteiger charge is 2.30. The van der Waals surface area contributed by atoms with Crippen LogP contribution in [0.25, 0.3) is 10.8 Å². The first kappa shape index (κ1) is 23.1. The van der Waals surface area contributed by atoms with Crippen molar-refractivity contribution in [3.63, 3.8) is 0 Å². The van der Waals surface area contributed by atoms with E-state index in [0.29, 0.717) is 17.4 Å². The van der Waals surface area contributed by atoms with Gasteiger partial charge in [-0.2, -0.15) is 0 Å². The topological polar surface area (TPSA) is 41.9 Å². The monoisotopic (exact) mass is 453 g/mol. The molecule has 1 fully saturated rings. The van der Waals surface area contributed by atoms with Crippen LogP contribution in [0.4, 0.5) is 0 Å². The third-order valence-corrected chi connectivity index (χ3v) is 6.95. The summed E-state index contributed by atoms with van der Waals surface area (Å²) in [4.78, 5) is 2.41. The lowest BCUT2D eigenvalue weighted by molar-refractivity contribution is -0.0313. The third kappa shape index (κ3) is 5.10. The Kier molecular flexibility index (Phi) is 7.69. The molecule has 3 aromatic carbocycles. The minimum absolute atomic E-state index is 0.0799. The molecule has 1 aliphatic rings. The molecule has 0 aromatic heterocycles. The van der Waals surface area contributed by atoms with E-state index in [1.165, 1.54) is 5.56 Å². The Labute approximate surface area is 195 Å². The molecule has 1 aliphatic heterocycles. The molecule has 0 aliphatic carbocycles. The van der Waals surface area contributed by atoms with Gasteiger partial charge >= 0.3 is 0 Å². The number of ether oxygens (including phenoxy) is 2. The van der Waals surface area contributed by atoms with Gasteiger partial charge in [0.05, 0.1) is 30.9 Å². The summed E-state index contributed by atoms with van der Waals surface area (Å²) in [6.07, 6.45) is 2.59. The van der Waals surface area contributed by atoms with Crippen molar-refractivity contribution in [3.05, 3.63) is 76.8 Å². The summed E-state index contributed by atoms with van der Waals surface area (Å²) in [5.74, 6) is 0.663. The predicted octanol–water partition coefficient (Wildman–Crippen LogP) is 6.00. The number of hydrogen-bond donors (Lipinski definition) is 1. The van der Waals surface area contributed by atoms with Crippen LogP contribution in [-0.2, 0) is 11.3 Å². The first-order valence-electron chi connectivity index (χ1n) is 11.4. The number of nitrogens with zero attached hydrogens (tertiary/aromatic N) is 1. The second-order valence-corrected chi connectivity index (χ2v) is 8.89. The van der Waals surface area contributed by atoms with Crippen molar-refractivity contribution in [2.75, 3.05) is 20.2 Å². The van der Waals surface area contributed by atoms with Crippen LogP contribution in [0.5, 0.6) is 5.75 Å². The summed E-state index contributed by atoms with van der Waals surface area (Å²) in [5, 5.41) is 13.8. The van der Waals surface area contributed by atoms with E-state index >= 15 is 0 Å². The van der Waals surface area contributed by atoms with Crippen LogP contribution >= 0.6 is 11.6 Å². The number of aliphatic hydroxyl groups excluding tert-OH is 1. The Morgan fingerprint density at radius 3 is 2.50 bits per heavy atom. The van der Waals surface area contributed by atoms with Gasteiger partial charge in [0.15, 0.2) is 0 Å². The zero-order valence-electron chi connectivity index (χ0n) is 18.8. The molecule has 1 N–H and O–H groups in total. The third-order valence-electron chi connectivity index (χ3n) is 6.56. The van der Waals surface area contributed by atoms with Gasteiger partial charge in [-0.25, -0.2) is 0 Å². The van der Waals surface area contributed by atoms with Crippen molar-refractivity contribution in [1.82, 2.24) is 4.90 Å². The fraction of sp³-hybridized carbons (Fsp3) is 0.407. The highest BCUT2D eigenvalue weighted by Crippen LogP contribution is 2.35. The van der Waals surface area contributed by atoms with E-state index < -0.39 is 6.10 Å². The van der Waals surface area contributed by atoms with E-state index in [2.05, 4.69) is 24.0 Å². The lowest BCUT2D eigenvalue weighted by Crippen LogP contribution is -2.45. The molecule has 32 heavy (non-hydrogen) atoms.